The van der Waals surface area contributed by atoms with E-state index in [9.17, 15) is 13.5 Å². The van der Waals surface area contributed by atoms with Crippen molar-refractivity contribution >= 4 is 10.0 Å². The number of aliphatic hydroxyl groups excluding tert-OH is 1. The molecule has 0 atom stereocenters. The van der Waals surface area contributed by atoms with E-state index in [2.05, 4.69) is 4.72 Å². The molecule has 0 saturated heterocycles. The summed E-state index contributed by atoms with van der Waals surface area (Å²) in [4.78, 5) is 0.0623. The Kier molecular flexibility index (Phi) is 3.95. The maximum absolute atomic E-state index is 12.3. The highest BCUT2D eigenvalue weighted by Gasteiger charge is 2.41. The van der Waals surface area contributed by atoms with Crippen LogP contribution in [-0.2, 0) is 16.6 Å². The van der Waals surface area contributed by atoms with Crippen molar-refractivity contribution in [2.24, 2.45) is 0 Å². The van der Waals surface area contributed by atoms with Crippen molar-refractivity contribution < 1.29 is 23.0 Å². The van der Waals surface area contributed by atoms with Gasteiger partial charge >= 0.3 is 0 Å². The van der Waals surface area contributed by atoms with Crippen LogP contribution in [0.15, 0.2) is 17.0 Å². The Morgan fingerprint density at radius 2 is 1.95 bits per heavy atom. The molecule has 1 aromatic rings. The maximum atomic E-state index is 12.3. The Balaban J connectivity index is 2.46. The van der Waals surface area contributed by atoms with Crippen LogP contribution in [0, 0.1) is 0 Å². The van der Waals surface area contributed by atoms with Crippen molar-refractivity contribution in [3.63, 3.8) is 0 Å². The summed E-state index contributed by atoms with van der Waals surface area (Å²) in [6, 6.07) is 2.79. The van der Waals surface area contributed by atoms with Gasteiger partial charge in [0, 0.05) is 17.2 Å². The molecule has 0 heterocycles. The highest BCUT2D eigenvalue weighted by molar-refractivity contribution is 7.89. The van der Waals surface area contributed by atoms with E-state index in [1.807, 2.05) is 6.92 Å². The lowest BCUT2D eigenvalue weighted by Crippen LogP contribution is -2.34. The molecular weight excluding hydrogens is 282 g/mol. The molecule has 1 aliphatic rings. The summed E-state index contributed by atoms with van der Waals surface area (Å²) >= 11 is 0. The Morgan fingerprint density at radius 3 is 2.40 bits per heavy atom. The Bertz CT molecular complexity index is 582. The largest absolute Gasteiger partial charge is 0.493 e. The second kappa shape index (κ2) is 5.23. The van der Waals surface area contributed by atoms with E-state index < -0.39 is 10.0 Å². The predicted octanol–water partition coefficient (Wildman–Crippen LogP) is 1.03. The summed E-state index contributed by atoms with van der Waals surface area (Å²) in [5.41, 5.74) is 0.0129. The van der Waals surface area contributed by atoms with Crippen molar-refractivity contribution in [1.29, 1.82) is 0 Å². The van der Waals surface area contributed by atoms with Gasteiger partial charge in [0.05, 0.1) is 25.7 Å². The van der Waals surface area contributed by atoms with Gasteiger partial charge in [-0.15, -0.1) is 0 Å². The van der Waals surface area contributed by atoms with Crippen LogP contribution in [0.1, 0.15) is 25.3 Å². The van der Waals surface area contributed by atoms with Crippen LogP contribution < -0.4 is 14.2 Å². The highest BCUT2D eigenvalue weighted by atomic mass is 32.2. The fourth-order valence-corrected chi connectivity index (χ4v) is 3.49. The molecule has 0 spiro atoms. The van der Waals surface area contributed by atoms with E-state index in [-0.39, 0.29) is 22.8 Å². The molecule has 0 aromatic heterocycles. The molecule has 1 saturated carbocycles. The average Bonchev–Trinajstić information content (AvgIpc) is 3.13. The summed E-state index contributed by atoms with van der Waals surface area (Å²) in [7, 11) is -0.781. The monoisotopic (exact) mass is 301 g/mol. The van der Waals surface area contributed by atoms with Crippen LogP contribution >= 0.6 is 0 Å². The molecule has 2 rings (SSSR count). The molecule has 0 radical (unpaired) electrons. The number of sulfonamides is 1. The van der Waals surface area contributed by atoms with Crippen LogP contribution in [0.5, 0.6) is 11.5 Å². The van der Waals surface area contributed by atoms with Gasteiger partial charge in [-0.3, -0.25) is 0 Å². The van der Waals surface area contributed by atoms with Crippen LogP contribution in [0.2, 0.25) is 0 Å². The van der Waals surface area contributed by atoms with E-state index in [1.54, 1.807) is 0 Å². The van der Waals surface area contributed by atoms with Gasteiger partial charge in [-0.05, 0) is 25.8 Å². The van der Waals surface area contributed by atoms with E-state index in [1.165, 1.54) is 26.4 Å². The molecule has 112 valence electrons. The van der Waals surface area contributed by atoms with Gasteiger partial charge in [0.25, 0.3) is 0 Å². The molecule has 0 amide bonds. The number of methoxy groups -OCH3 is 2. The van der Waals surface area contributed by atoms with Crippen molar-refractivity contribution in [2.75, 3.05) is 14.2 Å². The summed E-state index contributed by atoms with van der Waals surface area (Å²) < 4.78 is 37.6. The quantitative estimate of drug-likeness (QED) is 0.819. The number of hydrogen-bond donors (Lipinski definition) is 2. The third-order valence-electron chi connectivity index (χ3n) is 3.39. The smallest absolute Gasteiger partial charge is 0.241 e. The van der Waals surface area contributed by atoms with Crippen LogP contribution in [0.4, 0.5) is 0 Å². The first-order valence-corrected chi connectivity index (χ1v) is 7.73. The van der Waals surface area contributed by atoms with Crippen molar-refractivity contribution in [3.05, 3.63) is 17.7 Å². The first kappa shape index (κ1) is 15.1. The van der Waals surface area contributed by atoms with Gasteiger partial charge in [0.15, 0.2) is 11.5 Å². The Labute approximate surface area is 118 Å². The van der Waals surface area contributed by atoms with Gasteiger partial charge in [-0.2, -0.15) is 0 Å². The number of hydrogen-bond acceptors (Lipinski definition) is 5. The molecule has 0 unspecified atom stereocenters. The summed E-state index contributed by atoms with van der Waals surface area (Å²) in [5, 5.41) is 9.35. The van der Waals surface area contributed by atoms with E-state index in [0.29, 0.717) is 11.3 Å². The molecule has 20 heavy (non-hydrogen) atoms. The molecule has 2 N–H and O–H groups in total. The van der Waals surface area contributed by atoms with Gasteiger partial charge in [-0.1, -0.05) is 0 Å². The lowest BCUT2D eigenvalue weighted by atomic mass is 10.2. The van der Waals surface area contributed by atoms with E-state index in [0.717, 1.165) is 12.8 Å². The Morgan fingerprint density at radius 1 is 1.30 bits per heavy atom. The zero-order chi connectivity index (χ0) is 15.0. The van der Waals surface area contributed by atoms with Crippen LogP contribution in [0.3, 0.4) is 0 Å². The van der Waals surface area contributed by atoms with Gasteiger partial charge in [0.1, 0.15) is 0 Å². The molecule has 1 fully saturated rings. The number of ether oxygens (including phenoxy) is 2. The Hall–Kier alpha value is -1.31. The molecule has 0 bridgehead atoms. The number of rotatable bonds is 6. The molecule has 1 aliphatic carbocycles. The van der Waals surface area contributed by atoms with Crippen LogP contribution in [-0.4, -0.2) is 33.3 Å². The SMILES string of the molecule is COc1cc(S(=O)(=O)NC2(C)CC2)cc(CO)c1OC. The number of benzene rings is 1. The molecule has 7 heteroatoms. The fourth-order valence-electron chi connectivity index (χ4n) is 1.96. The topological polar surface area (TPSA) is 84.9 Å². The van der Waals surface area contributed by atoms with Gasteiger partial charge < -0.3 is 14.6 Å². The minimum Gasteiger partial charge on any atom is -0.493 e. The standard InChI is InChI=1S/C13H19NO5S/c1-13(4-5-13)14-20(16,17)10-6-9(8-15)12(19-3)11(7-10)18-2/h6-7,14-15H,4-5,8H2,1-3H3. The minimum absolute atomic E-state index is 0.0623. The van der Waals surface area contributed by atoms with Crippen molar-refractivity contribution in [2.45, 2.75) is 36.8 Å². The molecular formula is C13H19NO5S. The summed E-state index contributed by atoms with van der Waals surface area (Å²) in [5.74, 6) is 0.618. The van der Waals surface area contributed by atoms with E-state index in [4.69, 9.17) is 9.47 Å². The maximum Gasteiger partial charge on any atom is 0.241 e. The number of nitrogens with one attached hydrogen (secondary N) is 1. The molecule has 0 aliphatic heterocycles. The second-order valence-electron chi connectivity index (χ2n) is 5.14. The molecule has 1 aromatic carbocycles. The fraction of sp³-hybridized carbons (Fsp3) is 0.538. The third kappa shape index (κ3) is 2.89. The van der Waals surface area contributed by atoms with Crippen molar-refractivity contribution in [3.8, 4) is 11.5 Å². The minimum atomic E-state index is -3.64. The van der Waals surface area contributed by atoms with Gasteiger partial charge in [0.2, 0.25) is 10.0 Å². The lowest BCUT2D eigenvalue weighted by molar-refractivity contribution is 0.269. The normalized spacial score (nSPS) is 16.8. The first-order chi connectivity index (χ1) is 9.35. The summed E-state index contributed by atoms with van der Waals surface area (Å²) in [6.45, 7) is 1.53. The average molecular weight is 301 g/mol. The van der Waals surface area contributed by atoms with Crippen LogP contribution in [0.25, 0.3) is 0 Å². The molecule has 6 nitrogen and oxygen atoms in total. The zero-order valence-electron chi connectivity index (χ0n) is 11.8. The number of aliphatic hydroxyl groups is 1. The lowest BCUT2D eigenvalue weighted by Gasteiger charge is -2.16. The van der Waals surface area contributed by atoms with Gasteiger partial charge in [-0.25, -0.2) is 13.1 Å². The zero-order valence-corrected chi connectivity index (χ0v) is 12.6. The third-order valence-corrected chi connectivity index (χ3v) is 5.01. The second-order valence-corrected chi connectivity index (χ2v) is 6.82. The first-order valence-electron chi connectivity index (χ1n) is 6.25. The summed E-state index contributed by atoms with van der Waals surface area (Å²) in [6.07, 6.45) is 1.65. The van der Waals surface area contributed by atoms with Crippen molar-refractivity contribution in [1.82, 2.24) is 4.72 Å². The highest BCUT2D eigenvalue weighted by Crippen LogP contribution is 2.38. The predicted molar refractivity (Wildman–Crippen MR) is 73.4 cm³/mol. The van der Waals surface area contributed by atoms with E-state index >= 15 is 0 Å².